The van der Waals surface area contributed by atoms with Gasteiger partial charge in [-0.1, -0.05) is 6.92 Å². The highest BCUT2D eigenvalue weighted by Gasteiger charge is 2.31. The number of carbonyl (C=O) groups is 2. The molecule has 0 bridgehead atoms. The van der Waals surface area contributed by atoms with Crippen LogP contribution in [0.15, 0.2) is 0 Å². The fourth-order valence-electron chi connectivity index (χ4n) is 0.786. The van der Waals surface area contributed by atoms with Crippen LogP contribution in [0.4, 0.5) is 4.79 Å². The van der Waals surface area contributed by atoms with E-state index in [1.54, 1.807) is 27.7 Å². The normalized spacial score (nSPS) is 15.1. The van der Waals surface area contributed by atoms with Crippen molar-refractivity contribution in [1.29, 1.82) is 0 Å². The van der Waals surface area contributed by atoms with Gasteiger partial charge in [0.2, 0.25) is 0 Å². The summed E-state index contributed by atoms with van der Waals surface area (Å²) in [6.45, 7) is 8.36. The van der Waals surface area contributed by atoms with E-state index in [-0.39, 0.29) is 0 Å². The zero-order valence-electron chi connectivity index (χ0n) is 10.4. The van der Waals surface area contributed by atoms with E-state index in [0.717, 1.165) is 0 Å². The molecule has 0 aromatic carbocycles. The lowest BCUT2D eigenvalue weighted by Crippen LogP contribution is -2.57. The molecule has 6 heteroatoms. The Morgan fingerprint density at radius 1 is 1.25 bits per heavy atom. The number of carbonyl (C=O) groups excluding carboxylic acids is 1. The number of carboxylic acids is 1. The van der Waals surface area contributed by atoms with Crippen molar-refractivity contribution < 1.29 is 19.4 Å². The van der Waals surface area contributed by atoms with Crippen LogP contribution in [0.5, 0.6) is 0 Å². The van der Waals surface area contributed by atoms with Gasteiger partial charge < -0.3 is 9.84 Å². The summed E-state index contributed by atoms with van der Waals surface area (Å²) in [5, 5.41) is 8.92. The molecule has 0 saturated carbocycles. The van der Waals surface area contributed by atoms with Gasteiger partial charge in [0.25, 0.3) is 0 Å². The maximum Gasteiger partial charge on any atom is 0.422 e. The van der Waals surface area contributed by atoms with Crippen LogP contribution in [0.3, 0.4) is 0 Å². The molecule has 0 aliphatic heterocycles. The first kappa shape index (κ1) is 14.7. The van der Waals surface area contributed by atoms with Crippen LogP contribution >= 0.6 is 0 Å². The fraction of sp³-hybridized carbons (Fsp3) is 0.800. The van der Waals surface area contributed by atoms with Crippen molar-refractivity contribution in [2.45, 2.75) is 52.2 Å². The number of hydrazine groups is 1. The standard InChI is InChI=1S/C10H20N2O4/c1-6-10(5,7(13)14)12-11-8(15)16-9(2,3)4/h12H,6H2,1-5H3,(H,11,15)(H,13,14). The molecule has 0 aromatic rings. The Morgan fingerprint density at radius 3 is 2.06 bits per heavy atom. The molecule has 0 fully saturated rings. The lowest BCUT2D eigenvalue weighted by atomic mass is 10.0. The van der Waals surface area contributed by atoms with Crippen molar-refractivity contribution in [1.82, 2.24) is 10.9 Å². The first-order valence-electron chi connectivity index (χ1n) is 5.10. The van der Waals surface area contributed by atoms with Crippen LogP contribution in [-0.4, -0.2) is 28.3 Å². The Morgan fingerprint density at radius 2 is 1.75 bits per heavy atom. The molecule has 0 aromatic heterocycles. The summed E-state index contributed by atoms with van der Waals surface area (Å²) in [5.74, 6) is -1.04. The quantitative estimate of drug-likeness (QED) is 0.635. The van der Waals surface area contributed by atoms with Crippen molar-refractivity contribution in [2.75, 3.05) is 0 Å². The molecule has 0 aliphatic rings. The zero-order chi connectivity index (χ0) is 13.0. The Hall–Kier alpha value is -1.30. The molecule has 3 N–H and O–H groups in total. The SMILES string of the molecule is CCC(C)(NNC(=O)OC(C)(C)C)C(=O)O. The van der Waals surface area contributed by atoms with Crippen molar-refractivity contribution >= 4 is 12.1 Å². The third kappa shape index (κ3) is 4.97. The second-order valence-corrected chi connectivity index (χ2v) is 4.74. The predicted molar refractivity (Wildman–Crippen MR) is 58.8 cm³/mol. The third-order valence-corrected chi connectivity index (χ3v) is 2.02. The van der Waals surface area contributed by atoms with Crippen molar-refractivity contribution in [2.24, 2.45) is 0 Å². The van der Waals surface area contributed by atoms with E-state index in [2.05, 4.69) is 10.9 Å². The minimum Gasteiger partial charge on any atom is -0.480 e. The largest absolute Gasteiger partial charge is 0.480 e. The van der Waals surface area contributed by atoms with Gasteiger partial charge in [0.15, 0.2) is 0 Å². The first-order chi connectivity index (χ1) is 7.10. The third-order valence-electron chi connectivity index (χ3n) is 2.02. The fourth-order valence-corrected chi connectivity index (χ4v) is 0.786. The number of ether oxygens (including phenoxy) is 1. The number of nitrogens with one attached hydrogen (secondary N) is 2. The molecular formula is C10H20N2O4. The smallest absolute Gasteiger partial charge is 0.422 e. The van der Waals surface area contributed by atoms with E-state index in [1.807, 2.05) is 0 Å². The average molecular weight is 232 g/mol. The van der Waals surface area contributed by atoms with Crippen LogP contribution in [0.25, 0.3) is 0 Å². The van der Waals surface area contributed by atoms with Gasteiger partial charge in [0.1, 0.15) is 11.1 Å². The van der Waals surface area contributed by atoms with Gasteiger partial charge in [0, 0.05) is 0 Å². The molecule has 0 saturated heterocycles. The number of aliphatic carboxylic acids is 1. The minimum absolute atomic E-state index is 0.331. The van der Waals surface area contributed by atoms with E-state index in [4.69, 9.17) is 9.84 Å². The molecule has 94 valence electrons. The molecule has 1 amide bonds. The zero-order valence-corrected chi connectivity index (χ0v) is 10.4. The molecule has 1 atom stereocenters. The second kappa shape index (κ2) is 5.16. The van der Waals surface area contributed by atoms with E-state index in [1.165, 1.54) is 6.92 Å². The monoisotopic (exact) mass is 232 g/mol. The topological polar surface area (TPSA) is 87.7 Å². The summed E-state index contributed by atoms with van der Waals surface area (Å²) in [6.07, 6.45) is -0.369. The van der Waals surface area contributed by atoms with Crippen LogP contribution in [-0.2, 0) is 9.53 Å². The van der Waals surface area contributed by atoms with Crippen molar-refractivity contribution in [3.8, 4) is 0 Å². The minimum atomic E-state index is -1.20. The van der Waals surface area contributed by atoms with Gasteiger partial charge >= 0.3 is 12.1 Å². The molecular weight excluding hydrogens is 212 g/mol. The summed E-state index contributed by atoms with van der Waals surface area (Å²) >= 11 is 0. The van der Waals surface area contributed by atoms with Gasteiger partial charge in [-0.2, -0.15) is 0 Å². The van der Waals surface area contributed by atoms with E-state index in [0.29, 0.717) is 6.42 Å². The number of rotatable bonds is 4. The van der Waals surface area contributed by atoms with Crippen LogP contribution in [0.1, 0.15) is 41.0 Å². The van der Waals surface area contributed by atoms with Gasteiger partial charge in [-0.15, -0.1) is 0 Å². The summed E-state index contributed by atoms with van der Waals surface area (Å²) in [7, 11) is 0. The Kier molecular flexibility index (Phi) is 4.74. The summed E-state index contributed by atoms with van der Waals surface area (Å²) in [5.41, 5.74) is 2.85. The van der Waals surface area contributed by atoms with E-state index >= 15 is 0 Å². The lowest BCUT2D eigenvalue weighted by Gasteiger charge is -2.26. The lowest BCUT2D eigenvalue weighted by molar-refractivity contribution is -0.144. The summed E-state index contributed by atoms with van der Waals surface area (Å²) < 4.78 is 4.95. The average Bonchev–Trinajstić information content (AvgIpc) is 2.11. The number of hydrogen-bond donors (Lipinski definition) is 3. The maximum atomic E-state index is 11.3. The predicted octanol–water partition coefficient (Wildman–Crippen LogP) is 1.27. The van der Waals surface area contributed by atoms with Gasteiger partial charge in [0.05, 0.1) is 0 Å². The second-order valence-electron chi connectivity index (χ2n) is 4.74. The highest BCUT2D eigenvalue weighted by atomic mass is 16.6. The highest BCUT2D eigenvalue weighted by Crippen LogP contribution is 2.09. The Bertz CT molecular complexity index is 272. The Balaban J connectivity index is 4.24. The molecule has 1 unspecified atom stereocenters. The molecule has 0 spiro atoms. The van der Waals surface area contributed by atoms with Gasteiger partial charge in [-0.25, -0.2) is 10.2 Å². The van der Waals surface area contributed by atoms with Gasteiger partial charge in [-0.3, -0.25) is 10.2 Å². The maximum absolute atomic E-state index is 11.3. The number of carboxylic acid groups (broad SMARTS) is 1. The van der Waals surface area contributed by atoms with E-state index < -0.39 is 23.2 Å². The van der Waals surface area contributed by atoms with Crippen molar-refractivity contribution in [3.05, 3.63) is 0 Å². The first-order valence-corrected chi connectivity index (χ1v) is 5.10. The molecule has 0 aliphatic carbocycles. The van der Waals surface area contributed by atoms with Crippen molar-refractivity contribution in [3.63, 3.8) is 0 Å². The van der Waals surface area contributed by atoms with Crippen LogP contribution < -0.4 is 10.9 Å². The highest BCUT2D eigenvalue weighted by molar-refractivity contribution is 5.78. The number of hydrogen-bond acceptors (Lipinski definition) is 4. The van der Waals surface area contributed by atoms with Gasteiger partial charge in [-0.05, 0) is 34.1 Å². The van der Waals surface area contributed by atoms with E-state index in [9.17, 15) is 9.59 Å². The van der Waals surface area contributed by atoms with Crippen LogP contribution in [0.2, 0.25) is 0 Å². The molecule has 0 radical (unpaired) electrons. The van der Waals surface area contributed by atoms with Crippen LogP contribution in [0, 0.1) is 0 Å². The molecule has 16 heavy (non-hydrogen) atoms. The summed E-state index contributed by atoms with van der Waals surface area (Å²) in [6, 6.07) is 0. The number of amides is 1. The Labute approximate surface area is 95.3 Å². The molecule has 0 rings (SSSR count). The molecule has 6 nitrogen and oxygen atoms in total. The summed E-state index contributed by atoms with van der Waals surface area (Å²) in [4.78, 5) is 22.2. The molecule has 0 heterocycles.